The van der Waals surface area contributed by atoms with Crippen molar-refractivity contribution in [2.75, 3.05) is 0 Å². The summed E-state index contributed by atoms with van der Waals surface area (Å²) < 4.78 is 43.2. The molecule has 0 N–H and O–H groups in total. The summed E-state index contributed by atoms with van der Waals surface area (Å²) in [7, 11) is -0.825. The third-order valence-electron chi connectivity index (χ3n) is 23.8. The van der Waals surface area contributed by atoms with E-state index in [-0.39, 0.29) is 16.7 Å². The number of fused-ring (bicyclic) bond motifs is 7. The molecule has 1 aliphatic carbocycles. The van der Waals surface area contributed by atoms with Crippen LogP contribution in [0.4, 0.5) is 8.78 Å². The molecule has 0 spiro atoms. The lowest BCUT2D eigenvalue weighted by Crippen LogP contribution is -2.41. The molecule has 0 saturated carbocycles. The number of aromatic nitrogens is 12. The van der Waals surface area contributed by atoms with Gasteiger partial charge in [-0.05, 0) is 171 Å². The molecule has 21 aromatic rings. The van der Waals surface area contributed by atoms with E-state index in [0.29, 0.717) is 74.8 Å². The van der Waals surface area contributed by atoms with Crippen LogP contribution in [-0.4, -0.2) is 78.1 Å². The molecule has 5 heterocycles. The van der Waals surface area contributed by atoms with Crippen LogP contribution >= 0.6 is 11.6 Å². The second-order valence-corrected chi connectivity index (χ2v) is 33.2. The molecule has 0 radical (unpaired) electrons. The molecule has 14 nitrogen and oxygen atoms in total. The first-order valence-corrected chi connectivity index (χ1v) is 43.6. The molecule has 0 atom stereocenters. The van der Waals surface area contributed by atoms with Crippen molar-refractivity contribution >= 4 is 67.3 Å². The van der Waals surface area contributed by atoms with Crippen LogP contribution in [0.5, 0.6) is 0 Å². The normalized spacial score (nSPS) is 12.7. The van der Waals surface area contributed by atoms with Crippen LogP contribution in [0.3, 0.4) is 0 Å². The van der Waals surface area contributed by atoms with Crippen LogP contribution in [0.1, 0.15) is 38.8 Å². The van der Waals surface area contributed by atoms with E-state index < -0.39 is 30.0 Å². The van der Waals surface area contributed by atoms with Crippen LogP contribution in [0.25, 0.3) is 191 Å². The van der Waals surface area contributed by atoms with Crippen molar-refractivity contribution in [3.8, 4) is 148 Å². The average Bonchev–Trinajstić information content (AvgIpc) is 1.75. The summed E-state index contributed by atoms with van der Waals surface area (Å²) in [6, 6.07) is 132. The van der Waals surface area contributed by atoms with E-state index in [2.05, 4.69) is 161 Å². The number of nitrogens with zero attached hydrogens (tertiary/aromatic N) is 12. The van der Waals surface area contributed by atoms with Crippen molar-refractivity contribution in [1.82, 2.24) is 59.8 Å². The maximum Gasteiger partial charge on any atom is 0.497 e. The summed E-state index contributed by atoms with van der Waals surface area (Å²) in [5.41, 5.74) is 15.9. The van der Waals surface area contributed by atoms with E-state index in [1.165, 1.54) is 56.3 Å². The van der Waals surface area contributed by atoms with E-state index in [4.69, 9.17) is 65.8 Å². The van der Waals surface area contributed by atoms with Gasteiger partial charge in [-0.2, -0.15) is 9.97 Å². The molecule has 17 aromatic carbocycles. The van der Waals surface area contributed by atoms with Gasteiger partial charge in [0.1, 0.15) is 11.6 Å². The van der Waals surface area contributed by atoms with Crippen molar-refractivity contribution in [2.24, 2.45) is 0 Å². The van der Waals surface area contributed by atoms with Crippen molar-refractivity contribution in [3.63, 3.8) is 0 Å². The summed E-state index contributed by atoms with van der Waals surface area (Å²) in [5, 5.41) is 8.90. The van der Waals surface area contributed by atoms with Gasteiger partial charge in [0.15, 0.2) is 64.1 Å². The van der Waals surface area contributed by atoms with E-state index in [1.807, 2.05) is 246 Å². The molecule has 4 aromatic heterocycles. The summed E-state index contributed by atoms with van der Waals surface area (Å²) in [4.78, 5) is 57.0. The zero-order chi connectivity index (χ0) is 88.9. The predicted octanol–water partition coefficient (Wildman–Crippen LogP) is 26.9. The van der Waals surface area contributed by atoms with Gasteiger partial charge >= 0.3 is 7.12 Å². The Balaban J connectivity index is 0.000000116. The largest absolute Gasteiger partial charge is 0.497 e. The van der Waals surface area contributed by atoms with Crippen LogP contribution < -0.4 is 5.46 Å². The Morgan fingerprint density at radius 3 is 1.00 bits per heavy atom. The number of rotatable bonds is 13. The van der Waals surface area contributed by atoms with Gasteiger partial charge in [0, 0.05) is 61.1 Å². The van der Waals surface area contributed by atoms with Crippen LogP contribution in [0.15, 0.2) is 400 Å². The first-order valence-electron chi connectivity index (χ1n) is 43.2. The Morgan fingerprint density at radius 1 is 0.237 bits per heavy atom. The second kappa shape index (κ2) is 36.4. The number of hydrogen-bond donors (Lipinski definition) is 0. The molecule has 0 unspecified atom stereocenters. The third-order valence-corrected chi connectivity index (χ3v) is 24.0. The van der Waals surface area contributed by atoms with Crippen molar-refractivity contribution in [3.05, 3.63) is 428 Å². The summed E-state index contributed by atoms with van der Waals surface area (Å²) in [6.07, 6.45) is 1.06. The fourth-order valence-electron chi connectivity index (χ4n) is 16.4. The van der Waals surface area contributed by atoms with E-state index in [9.17, 15) is 4.39 Å². The minimum atomic E-state index is -0.825. The minimum absolute atomic E-state index is 0.191. The molecule has 1 fully saturated rings. The molecule has 2 aliphatic rings. The van der Waals surface area contributed by atoms with Crippen LogP contribution in [-0.2, 0) is 15.7 Å². The molecule has 1 saturated heterocycles. The van der Waals surface area contributed by atoms with E-state index in [0.717, 1.165) is 83.2 Å². The molecular formula is C113H80BClF2N12O2. The summed E-state index contributed by atoms with van der Waals surface area (Å²) >= 11 is 6.22. The average molecular weight is 1720 g/mol. The summed E-state index contributed by atoms with van der Waals surface area (Å²) in [6.45, 7) is 7.77. The Hall–Kier alpha value is -16.0. The first-order chi connectivity index (χ1) is 64.1. The molecule has 628 valence electrons. The van der Waals surface area contributed by atoms with Gasteiger partial charge in [0.25, 0.3) is 0 Å². The monoisotopic (exact) mass is 1720 g/mol. The maximum absolute atomic E-state index is 16.1. The lowest BCUT2D eigenvalue weighted by atomic mass is 9.78. The lowest BCUT2D eigenvalue weighted by molar-refractivity contribution is 0.00578. The van der Waals surface area contributed by atoms with E-state index in [1.54, 1.807) is 24.3 Å². The zero-order valence-electron chi connectivity index (χ0n) is 71.7. The van der Waals surface area contributed by atoms with Crippen molar-refractivity contribution < 1.29 is 18.1 Å². The number of halogens is 3. The third kappa shape index (κ3) is 17.7. The maximum atomic E-state index is 16.1. The highest BCUT2D eigenvalue weighted by Crippen LogP contribution is 2.44. The lowest BCUT2D eigenvalue weighted by Gasteiger charge is -2.32. The quantitative estimate of drug-likeness (QED) is 0.0998. The molecule has 18 heteroatoms. The van der Waals surface area contributed by atoms with Gasteiger partial charge in [-0.1, -0.05) is 352 Å². The van der Waals surface area contributed by atoms with Gasteiger partial charge < -0.3 is 9.31 Å². The van der Waals surface area contributed by atoms with Crippen molar-refractivity contribution in [2.45, 2.75) is 45.3 Å². The second-order valence-electron chi connectivity index (χ2n) is 32.9. The minimum Gasteiger partial charge on any atom is -0.399 e. The smallest absolute Gasteiger partial charge is 0.399 e. The van der Waals surface area contributed by atoms with Crippen LogP contribution in [0.2, 0.25) is 5.28 Å². The topological polar surface area (TPSA) is 173 Å². The number of benzene rings is 17. The SMILES string of the molecule is CC1(C)OB(c2cc(-c3nc(-c4ccccc4)nc(-c4ccccc4)n3)ccc2F)OC1(C)C.Clc1nc(-c2ccc3ccccc3c2)nc(-c2ccc3ccccc3c2)n1.Fc1ccc(-c2nc(-c3ccccc3)nc(-c3ccccc3)n2)cc1-c1nc(-c2cccc3ccccc23)nc(-c2cccc3ccccc23)n1.c1ccc(-c2cccc3c2-c2ccccc2C3)cc1. The van der Waals surface area contributed by atoms with Gasteiger partial charge in [0.2, 0.25) is 5.28 Å². The molecule has 0 amide bonds. The Kier molecular flexibility index (Phi) is 23.1. The van der Waals surface area contributed by atoms with Gasteiger partial charge in [-0.3, -0.25) is 0 Å². The fourth-order valence-corrected chi connectivity index (χ4v) is 16.6. The highest BCUT2D eigenvalue weighted by Gasteiger charge is 2.52. The highest BCUT2D eigenvalue weighted by atomic mass is 35.5. The Bertz CT molecular complexity index is 7510. The first kappa shape index (κ1) is 83.2. The van der Waals surface area contributed by atoms with Gasteiger partial charge in [-0.25, -0.2) is 58.6 Å². The van der Waals surface area contributed by atoms with Gasteiger partial charge in [0.05, 0.1) is 16.8 Å². The van der Waals surface area contributed by atoms with E-state index >= 15 is 4.39 Å². The zero-order valence-corrected chi connectivity index (χ0v) is 72.5. The standard InChI is InChI=1S/C44H27FN6.C27H25BFN3O2.C23H14ClN3.C19H14/c45-38-26-25-32(41-47-39(30-15-3-1-4-16-30)46-40(48-41)31-17-5-2-6-18-31)27-37(38)44-50-42(35-23-11-19-28-13-7-9-21-33(28)35)49-43(51-44)36-24-12-20-29-14-8-10-22-34(29)36;1-26(2)27(3,4)34-28(33-26)21-17-20(15-16-22(21)29)25-31-23(18-11-7-5-8-12-18)30-24(32-25)19-13-9-6-10-14-19;24-23-26-21(19-11-9-15-5-1-3-7-17(15)13-19)25-22(27-23)20-12-10-16-6-2-4-8-18(16)14-20;1-2-7-14(8-3-1)17-12-6-10-16-13-15-9-4-5-11-18(15)19(16)17/h1-27H;5-17H,1-4H3;1-14H;1-12H,13H2. The Labute approximate surface area is 761 Å². The highest BCUT2D eigenvalue weighted by molar-refractivity contribution is 6.62. The van der Waals surface area contributed by atoms with Crippen molar-refractivity contribution in [1.29, 1.82) is 0 Å². The predicted molar refractivity (Wildman–Crippen MR) is 523 cm³/mol. The summed E-state index contributed by atoms with van der Waals surface area (Å²) in [5.74, 6) is 4.35. The Morgan fingerprint density at radius 2 is 0.542 bits per heavy atom. The van der Waals surface area contributed by atoms with Gasteiger partial charge in [-0.15, -0.1) is 0 Å². The molecule has 131 heavy (non-hydrogen) atoms. The molecule has 0 bridgehead atoms. The molecule has 23 rings (SSSR count). The fraction of sp³-hybridized carbons (Fsp3) is 0.0619. The number of hydrogen-bond acceptors (Lipinski definition) is 14. The molecular weight excluding hydrogens is 1640 g/mol. The van der Waals surface area contributed by atoms with Crippen LogP contribution in [0, 0.1) is 11.6 Å². The molecule has 1 aliphatic heterocycles.